The third-order valence-corrected chi connectivity index (χ3v) is 5.12. The van der Waals surface area contributed by atoms with Crippen molar-refractivity contribution in [2.24, 2.45) is 5.92 Å². The number of aliphatic carboxylic acids is 2. The van der Waals surface area contributed by atoms with Gasteiger partial charge in [-0.05, 0) is 30.0 Å². The lowest BCUT2D eigenvalue weighted by molar-refractivity contribution is -0.244. The van der Waals surface area contributed by atoms with Crippen molar-refractivity contribution in [3.05, 3.63) is 70.2 Å². The van der Waals surface area contributed by atoms with Gasteiger partial charge >= 0.3 is 11.9 Å². The van der Waals surface area contributed by atoms with Crippen molar-refractivity contribution in [1.29, 1.82) is 0 Å². The van der Waals surface area contributed by atoms with Crippen LogP contribution in [0.4, 0.5) is 0 Å². The molecule has 1 aliphatic heterocycles. The van der Waals surface area contributed by atoms with E-state index >= 15 is 0 Å². The fourth-order valence-corrected chi connectivity index (χ4v) is 3.59. The maximum absolute atomic E-state index is 11.8. The molecule has 2 N–H and O–H groups in total. The number of aryl methyl sites for hydroxylation is 1. The molecule has 7 heteroatoms. The maximum Gasteiger partial charge on any atom is 0.333 e. The molecule has 1 heterocycles. The van der Waals surface area contributed by atoms with Crippen LogP contribution in [0.2, 0.25) is 5.02 Å². The van der Waals surface area contributed by atoms with Crippen LogP contribution in [0.15, 0.2) is 48.5 Å². The van der Waals surface area contributed by atoms with Gasteiger partial charge in [-0.1, -0.05) is 54.1 Å². The first-order chi connectivity index (χ1) is 13.5. The molecule has 3 atom stereocenters. The molecule has 0 saturated carbocycles. The summed E-state index contributed by atoms with van der Waals surface area (Å²) in [7, 11) is 0. The lowest BCUT2D eigenvalue weighted by Gasteiger charge is -2.35. The minimum atomic E-state index is -1.06. The van der Waals surface area contributed by atoms with E-state index < -0.39 is 30.3 Å². The number of carboxylic acids is 2. The second-order valence-corrected chi connectivity index (χ2v) is 7.12. The van der Waals surface area contributed by atoms with Crippen LogP contribution >= 0.6 is 11.6 Å². The molecule has 2 aromatic rings. The van der Waals surface area contributed by atoms with Crippen molar-refractivity contribution in [3.8, 4) is 0 Å². The van der Waals surface area contributed by atoms with Gasteiger partial charge in [0.1, 0.15) is 0 Å². The number of hydrogen-bond donors (Lipinski definition) is 2. The largest absolute Gasteiger partial charge is 0.481 e. The van der Waals surface area contributed by atoms with E-state index in [2.05, 4.69) is 0 Å². The van der Waals surface area contributed by atoms with Gasteiger partial charge in [0, 0.05) is 22.9 Å². The molecule has 0 spiro atoms. The first kappa shape index (κ1) is 20.3. The van der Waals surface area contributed by atoms with Gasteiger partial charge in [0.25, 0.3) is 0 Å². The number of benzene rings is 2. The first-order valence-corrected chi connectivity index (χ1v) is 9.36. The zero-order valence-electron chi connectivity index (χ0n) is 15.1. The van der Waals surface area contributed by atoms with E-state index in [1.54, 1.807) is 24.3 Å². The molecule has 0 aliphatic carbocycles. The van der Waals surface area contributed by atoms with Crippen LogP contribution in [0.25, 0.3) is 0 Å². The topological polar surface area (TPSA) is 93.1 Å². The van der Waals surface area contributed by atoms with Gasteiger partial charge in [-0.25, -0.2) is 4.79 Å². The van der Waals surface area contributed by atoms with E-state index in [1.807, 2.05) is 24.3 Å². The van der Waals surface area contributed by atoms with Crippen molar-refractivity contribution in [2.45, 2.75) is 31.7 Å². The third-order valence-electron chi connectivity index (χ3n) is 4.77. The minimum absolute atomic E-state index is 0.0195. The standard InChI is InChI=1S/C21H21ClO6/c22-17-8-4-3-7-16(17)21-27-12-15(19(28-21)20(25)26)11-14-6-2-1-5-13(14)9-10-18(23)24/h1-8,15,19,21H,9-12H2,(H,23,24)(H,25,26). The van der Waals surface area contributed by atoms with Crippen LogP contribution < -0.4 is 0 Å². The van der Waals surface area contributed by atoms with E-state index in [-0.39, 0.29) is 13.0 Å². The molecule has 1 saturated heterocycles. The Balaban J connectivity index is 1.76. The number of rotatable bonds is 7. The highest BCUT2D eigenvalue weighted by atomic mass is 35.5. The molecule has 0 bridgehead atoms. The highest BCUT2D eigenvalue weighted by Gasteiger charge is 2.38. The molecule has 28 heavy (non-hydrogen) atoms. The molecule has 148 valence electrons. The monoisotopic (exact) mass is 404 g/mol. The predicted octanol–water partition coefficient (Wildman–Crippen LogP) is 3.71. The smallest absolute Gasteiger partial charge is 0.333 e. The fourth-order valence-electron chi connectivity index (χ4n) is 3.36. The molecular formula is C21H21ClO6. The van der Waals surface area contributed by atoms with Gasteiger partial charge < -0.3 is 19.7 Å². The summed E-state index contributed by atoms with van der Waals surface area (Å²) < 4.78 is 11.5. The maximum atomic E-state index is 11.8. The highest BCUT2D eigenvalue weighted by Crippen LogP contribution is 2.34. The van der Waals surface area contributed by atoms with E-state index in [0.717, 1.165) is 11.1 Å². The number of halogens is 1. The Kier molecular flexibility index (Phi) is 6.67. The molecule has 6 nitrogen and oxygen atoms in total. The average Bonchev–Trinajstić information content (AvgIpc) is 2.68. The summed E-state index contributed by atoms with van der Waals surface area (Å²) >= 11 is 6.18. The van der Waals surface area contributed by atoms with E-state index in [1.165, 1.54) is 0 Å². The Bertz CT molecular complexity index is 852. The first-order valence-electron chi connectivity index (χ1n) is 8.98. The molecular weight excluding hydrogens is 384 g/mol. The molecule has 0 amide bonds. The summed E-state index contributed by atoms with van der Waals surface area (Å²) in [6, 6.07) is 14.5. The van der Waals surface area contributed by atoms with Gasteiger partial charge in [0.15, 0.2) is 12.4 Å². The van der Waals surface area contributed by atoms with Gasteiger partial charge in [0.2, 0.25) is 0 Å². The quantitative estimate of drug-likeness (QED) is 0.730. The minimum Gasteiger partial charge on any atom is -0.481 e. The summed E-state index contributed by atoms with van der Waals surface area (Å²) in [5.41, 5.74) is 2.39. The van der Waals surface area contributed by atoms with Crippen molar-refractivity contribution >= 4 is 23.5 Å². The summed E-state index contributed by atoms with van der Waals surface area (Å²) in [5, 5.41) is 19.1. The van der Waals surface area contributed by atoms with Crippen LogP contribution in [0.3, 0.4) is 0 Å². The molecule has 2 aromatic carbocycles. The Morgan fingerprint density at radius 2 is 1.71 bits per heavy atom. The molecule has 0 aromatic heterocycles. The van der Waals surface area contributed by atoms with Gasteiger partial charge in [-0.3, -0.25) is 4.79 Å². The van der Waals surface area contributed by atoms with Crippen molar-refractivity contribution in [1.82, 2.24) is 0 Å². The Morgan fingerprint density at radius 1 is 1.04 bits per heavy atom. The molecule has 1 fully saturated rings. The SMILES string of the molecule is O=C(O)CCc1ccccc1CC1COC(c2ccccc2Cl)OC1C(=O)O. The van der Waals surface area contributed by atoms with E-state index in [0.29, 0.717) is 23.4 Å². The molecule has 0 radical (unpaired) electrons. The van der Waals surface area contributed by atoms with Gasteiger partial charge in [0.05, 0.1) is 6.61 Å². The number of ether oxygens (including phenoxy) is 2. The van der Waals surface area contributed by atoms with Crippen LogP contribution in [0.1, 0.15) is 29.4 Å². The normalized spacial score (nSPS) is 22.0. The van der Waals surface area contributed by atoms with Crippen LogP contribution in [-0.2, 0) is 31.9 Å². The lowest BCUT2D eigenvalue weighted by Crippen LogP contribution is -2.42. The Hall–Kier alpha value is -2.41. The molecule has 3 rings (SSSR count). The summed E-state index contributed by atoms with van der Waals surface area (Å²) in [4.78, 5) is 22.7. The van der Waals surface area contributed by atoms with Crippen LogP contribution in [0, 0.1) is 5.92 Å². The number of hydrogen-bond acceptors (Lipinski definition) is 4. The summed E-state index contributed by atoms with van der Waals surface area (Å²) in [6.07, 6.45) is -1.07. The van der Waals surface area contributed by atoms with Crippen molar-refractivity contribution in [2.75, 3.05) is 6.61 Å². The summed E-state index contributed by atoms with van der Waals surface area (Å²) in [6.45, 7) is 0.195. The second kappa shape index (κ2) is 9.19. The van der Waals surface area contributed by atoms with Crippen LogP contribution in [0.5, 0.6) is 0 Å². The Labute approximate surface area is 167 Å². The Morgan fingerprint density at radius 3 is 2.39 bits per heavy atom. The molecule has 3 unspecified atom stereocenters. The van der Waals surface area contributed by atoms with Crippen molar-refractivity contribution in [3.63, 3.8) is 0 Å². The van der Waals surface area contributed by atoms with Crippen LogP contribution in [-0.4, -0.2) is 34.9 Å². The number of carbonyl (C=O) groups is 2. The van der Waals surface area contributed by atoms with Crippen molar-refractivity contribution < 1.29 is 29.3 Å². The van der Waals surface area contributed by atoms with E-state index in [4.69, 9.17) is 26.2 Å². The van der Waals surface area contributed by atoms with Gasteiger partial charge in [-0.15, -0.1) is 0 Å². The zero-order valence-corrected chi connectivity index (χ0v) is 15.8. The fraction of sp³-hybridized carbons (Fsp3) is 0.333. The number of carboxylic acid groups (broad SMARTS) is 2. The second-order valence-electron chi connectivity index (χ2n) is 6.71. The molecule has 1 aliphatic rings. The van der Waals surface area contributed by atoms with E-state index in [9.17, 15) is 14.7 Å². The van der Waals surface area contributed by atoms with Gasteiger partial charge in [-0.2, -0.15) is 0 Å². The third kappa shape index (κ3) is 4.90. The lowest BCUT2D eigenvalue weighted by atomic mass is 9.90. The predicted molar refractivity (Wildman–Crippen MR) is 102 cm³/mol. The highest BCUT2D eigenvalue weighted by molar-refractivity contribution is 6.31. The average molecular weight is 405 g/mol. The summed E-state index contributed by atoms with van der Waals surface area (Å²) in [5.74, 6) is -2.33. The zero-order chi connectivity index (χ0) is 20.1.